The van der Waals surface area contributed by atoms with Gasteiger partial charge in [0, 0.05) is 23.1 Å². The summed E-state index contributed by atoms with van der Waals surface area (Å²) in [7, 11) is 3.29. The van der Waals surface area contributed by atoms with Crippen molar-refractivity contribution in [3.05, 3.63) is 23.7 Å². The van der Waals surface area contributed by atoms with Crippen LogP contribution in [0.3, 0.4) is 0 Å². The first-order valence-corrected chi connectivity index (χ1v) is 7.13. The first-order valence-electron chi connectivity index (χ1n) is 7.13. The standard InChI is InChI=1S/C16H20N2O2/c1-10-12-8-14(19-2)15(20-3)9-13(12)18-16(17-10)11-6-4-5-7-11/h8-9,11H,4-7H2,1-3H3. The Labute approximate surface area is 119 Å². The highest BCUT2D eigenvalue weighted by atomic mass is 16.5. The Morgan fingerprint density at radius 3 is 2.30 bits per heavy atom. The molecule has 0 atom stereocenters. The van der Waals surface area contributed by atoms with E-state index in [4.69, 9.17) is 19.4 Å². The monoisotopic (exact) mass is 272 g/mol. The molecule has 1 aromatic heterocycles. The van der Waals surface area contributed by atoms with Crippen LogP contribution in [0.2, 0.25) is 0 Å². The lowest BCUT2D eigenvalue weighted by Gasteiger charge is -2.13. The van der Waals surface area contributed by atoms with Gasteiger partial charge < -0.3 is 9.47 Å². The number of hydrogen-bond acceptors (Lipinski definition) is 4. The Morgan fingerprint density at radius 1 is 1.00 bits per heavy atom. The molecule has 0 spiro atoms. The second-order valence-corrected chi connectivity index (χ2v) is 5.37. The van der Waals surface area contributed by atoms with E-state index >= 15 is 0 Å². The van der Waals surface area contributed by atoms with Gasteiger partial charge >= 0.3 is 0 Å². The third kappa shape index (κ3) is 2.19. The number of fused-ring (bicyclic) bond motifs is 1. The van der Waals surface area contributed by atoms with Crippen LogP contribution < -0.4 is 9.47 Å². The third-order valence-electron chi connectivity index (χ3n) is 4.13. The van der Waals surface area contributed by atoms with Gasteiger partial charge in [-0.25, -0.2) is 9.97 Å². The van der Waals surface area contributed by atoms with Gasteiger partial charge in [-0.15, -0.1) is 0 Å². The molecule has 0 amide bonds. The predicted molar refractivity (Wildman–Crippen MR) is 78.6 cm³/mol. The highest BCUT2D eigenvalue weighted by Crippen LogP contribution is 2.36. The van der Waals surface area contributed by atoms with E-state index < -0.39 is 0 Å². The molecule has 0 radical (unpaired) electrons. The summed E-state index contributed by atoms with van der Waals surface area (Å²) in [6.45, 7) is 2.04. The van der Waals surface area contributed by atoms with Crippen LogP contribution in [0.25, 0.3) is 10.9 Å². The quantitative estimate of drug-likeness (QED) is 0.856. The van der Waals surface area contributed by atoms with Gasteiger partial charge in [-0.05, 0) is 25.8 Å². The van der Waals surface area contributed by atoms with Crippen LogP contribution in [-0.4, -0.2) is 24.2 Å². The van der Waals surface area contributed by atoms with Gasteiger partial charge in [0.1, 0.15) is 5.82 Å². The molecule has 1 saturated carbocycles. The summed E-state index contributed by atoms with van der Waals surface area (Å²) in [5.74, 6) is 2.95. The average molecular weight is 272 g/mol. The Hall–Kier alpha value is -1.84. The Kier molecular flexibility index (Phi) is 3.47. The van der Waals surface area contributed by atoms with Gasteiger partial charge in [-0.2, -0.15) is 0 Å². The van der Waals surface area contributed by atoms with Gasteiger partial charge in [0.25, 0.3) is 0 Å². The third-order valence-corrected chi connectivity index (χ3v) is 4.13. The second-order valence-electron chi connectivity index (χ2n) is 5.37. The predicted octanol–water partition coefficient (Wildman–Crippen LogP) is 3.61. The second kappa shape index (κ2) is 5.27. The molecule has 0 aliphatic heterocycles. The van der Waals surface area contributed by atoms with Crippen molar-refractivity contribution in [1.29, 1.82) is 0 Å². The molecular formula is C16H20N2O2. The fourth-order valence-corrected chi connectivity index (χ4v) is 3.00. The summed E-state index contributed by atoms with van der Waals surface area (Å²) in [4.78, 5) is 9.46. The smallest absolute Gasteiger partial charge is 0.162 e. The van der Waals surface area contributed by atoms with Crippen LogP contribution in [-0.2, 0) is 0 Å². The summed E-state index contributed by atoms with van der Waals surface area (Å²) in [6.07, 6.45) is 4.99. The zero-order chi connectivity index (χ0) is 14.1. The molecule has 0 bridgehead atoms. The Balaban J connectivity index is 2.14. The lowest BCUT2D eigenvalue weighted by Crippen LogP contribution is -2.03. The highest BCUT2D eigenvalue weighted by Gasteiger charge is 2.21. The number of ether oxygens (including phenoxy) is 2. The van der Waals surface area contributed by atoms with E-state index in [0.29, 0.717) is 5.92 Å². The maximum atomic E-state index is 5.36. The molecule has 1 heterocycles. The zero-order valence-corrected chi connectivity index (χ0v) is 12.3. The number of hydrogen-bond donors (Lipinski definition) is 0. The fraction of sp³-hybridized carbons (Fsp3) is 0.500. The molecule has 0 saturated heterocycles. The van der Waals surface area contributed by atoms with Crippen LogP contribution in [0.5, 0.6) is 11.5 Å². The number of aryl methyl sites for hydroxylation is 1. The maximum Gasteiger partial charge on any atom is 0.162 e. The van der Waals surface area contributed by atoms with E-state index in [0.717, 1.165) is 33.9 Å². The van der Waals surface area contributed by atoms with E-state index in [9.17, 15) is 0 Å². The van der Waals surface area contributed by atoms with E-state index in [2.05, 4.69) is 0 Å². The van der Waals surface area contributed by atoms with Gasteiger partial charge in [0.05, 0.1) is 19.7 Å². The number of rotatable bonds is 3. The number of aromatic nitrogens is 2. The van der Waals surface area contributed by atoms with E-state index in [1.165, 1.54) is 25.7 Å². The minimum absolute atomic E-state index is 0.520. The van der Waals surface area contributed by atoms with Crippen LogP contribution in [0.4, 0.5) is 0 Å². The molecule has 1 aliphatic carbocycles. The van der Waals surface area contributed by atoms with Crippen molar-refractivity contribution in [2.24, 2.45) is 0 Å². The maximum absolute atomic E-state index is 5.36. The number of benzene rings is 1. The molecule has 1 fully saturated rings. The molecule has 1 aromatic carbocycles. The lowest BCUT2D eigenvalue weighted by molar-refractivity contribution is 0.355. The van der Waals surface area contributed by atoms with Gasteiger partial charge in [0.15, 0.2) is 11.5 Å². The van der Waals surface area contributed by atoms with Crippen molar-refractivity contribution < 1.29 is 9.47 Å². The molecular weight excluding hydrogens is 252 g/mol. The van der Waals surface area contributed by atoms with E-state index in [-0.39, 0.29) is 0 Å². The SMILES string of the molecule is COc1cc2nc(C3CCCC3)nc(C)c2cc1OC. The largest absolute Gasteiger partial charge is 0.493 e. The van der Waals surface area contributed by atoms with Crippen molar-refractivity contribution >= 4 is 10.9 Å². The number of nitrogens with zero attached hydrogens (tertiary/aromatic N) is 2. The first kappa shape index (κ1) is 13.2. The minimum Gasteiger partial charge on any atom is -0.493 e. The van der Waals surface area contributed by atoms with Crippen LogP contribution in [0.1, 0.15) is 43.1 Å². The number of methoxy groups -OCH3 is 2. The van der Waals surface area contributed by atoms with Crippen LogP contribution in [0, 0.1) is 6.92 Å². The lowest BCUT2D eigenvalue weighted by atomic mass is 10.1. The zero-order valence-electron chi connectivity index (χ0n) is 12.3. The summed E-state index contributed by atoms with van der Waals surface area (Å²) >= 11 is 0. The first-order chi connectivity index (χ1) is 9.72. The van der Waals surface area contributed by atoms with Crippen molar-refractivity contribution in [1.82, 2.24) is 9.97 Å². The molecule has 2 aromatic rings. The highest BCUT2D eigenvalue weighted by molar-refractivity contribution is 5.84. The average Bonchev–Trinajstić information content (AvgIpc) is 3.00. The summed E-state index contributed by atoms with van der Waals surface area (Å²) < 4.78 is 10.7. The molecule has 1 aliphatic rings. The van der Waals surface area contributed by atoms with Crippen molar-refractivity contribution in [3.63, 3.8) is 0 Å². The molecule has 0 unspecified atom stereocenters. The molecule has 0 N–H and O–H groups in total. The topological polar surface area (TPSA) is 44.2 Å². The van der Waals surface area contributed by atoms with E-state index in [1.807, 2.05) is 19.1 Å². The van der Waals surface area contributed by atoms with Gasteiger partial charge in [-0.3, -0.25) is 0 Å². The summed E-state index contributed by atoms with van der Waals surface area (Å²) in [6, 6.07) is 3.91. The summed E-state index contributed by atoms with van der Waals surface area (Å²) in [5.41, 5.74) is 1.95. The molecule has 106 valence electrons. The molecule has 4 heteroatoms. The van der Waals surface area contributed by atoms with Crippen LogP contribution >= 0.6 is 0 Å². The molecule has 20 heavy (non-hydrogen) atoms. The van der Waals surface area contributed by atoms with Crippen molar-refractivity contribution in [3.8, 4) is 11.5 Å². The Bertz CT molecular complexity index is 634. The Morgan fingerprint density at radius 2 is 1.65 bits per heavy atom. The van der Waals surface area contributed by atoms with Gasteiger partial charge in [-0.1, -0.05) is 12.8 Å². The minimum atomic E-state index is 0.520. The van der Waals surface area contributed by atoms with Crippen LogP contribution in [0.15, 0.2) is 12.1 Å². The summed E-state index contributed by atoms with van der Waals surface area (Å²) in [5, 5.41) is 1.03. The molecule has 4 nitrogen and oxygen atoms in total. The normalized spacial score (nSPS) is 15.8. The fourth-order valence-electron chi connectivity index (χ4n) is 3.00. The van der Waals surface area contributed by atoms with Crippen molar-refractivity contribution in [2.75, 3.05) is 14.2 Å². The van der Waals surface area contributed by atoms with Crippen molar-refractivity contribution in [2.45, 2.75) is 38.5 Å². The van der Waals surface area contributed by atoms with Gasteiger partial charge in [0.2, 0.25) is 0 Å². The van der Waals surface area contributed by atoms with E-state index in [1.54, 1.807) is 14.2 Å². The molecule has 3 rings (SSSR count).